The molecule has 6 nitrogen and oxygen atoms in total. The third-order valence-corrected chi connectivity index (χ3v) is 6.38. The zero-order valence-corrected chi connectivity index (χ0v) is 18.5. The van der Waals surface area contributed by atoms with Crippen LogP contribution in [0.2, 0.25) is 0 Å². The van der Waals surface area contributed by atoms with E-state index in [-0.39, 0.29) is 6.23 Å². The standard InChI is InChI=1S/C22H28N4O2S/c1-14(2)20-10-18(16-6-8-17(27-4)9-7-16)24-26(20)13-22(28-5)25-11-19-21(12-25)29-15(3)23-19/h6-10,14,22H,11-13H2,1-5H3. The van der Waals surface area contributed by atoms with Crippen LogP contribution < -0.4 is 4.74 Å². The molecule has 0 aliphatic carbocycles. The predicted octanol–water partition coefficient (Wildman–Crippen LogP) is 4.44. The van der Waals surface area contributed by atoms with Gasteiger partial charge in [-0.15, -0.1) is 11.3 Å². The molecule has 1 aliphatic heterocycles. The first kappa shape index (κ1) is 20.1. The molecule has 1 aliphatic rings. The molecule has 0 bridgehead atoms. The summed E-state index contributed by atoms with van der Waals surface area (Å²) in [5.74, 6) is 1.22. The lowest BCUT2D eigenvalue weighted by molar-refractivity contribution is -0.0487. The number of fused-ring (bicyclic) bond motifs is 1. The smallest absolute Gasteiger partial charge is 0.130 e. The quantitative estimate of drug-likeness (QED) is 0.574. The minimum atomic E-state index is -0.0437. The number of hydrogen-bond donors (Lipinski definition) is 0. The highest BCUT2D eigenvalue weighted by molar-refractivity contribution is 7.11. The molecule has 0 saturated carbocycles. The van der Waals surface area contributed by atoms with Gasteiger partial charge in [0.15, 0.2) is 0 Å². The second kappa shape index (κ2) is 8.26. The van der Waals surface area contributed by atoms with Crippen molar-refractivity contribution in [1.82, 2.24) is 19.7 Å². The number of rotatable bonds is 7. The molecule has 1 aromatic carbocycles. The molecule has 7 heteroatoms. The van der Waals surface area contributed by atoms with Gasteiger partial charge in [0, 0.05) is 36.3 Å². The Bertz CT molecular complexity index is 954. The Hall–Kier alpha value is -2.22. The highest BCUT2D eigenvalue weighted by Crippen LogP contribution is 2.31. The number of aromatic nitrogens is 3. The van der Waals surface area contributed by atoms with Crippen LogP contribution in [-0.2, 0) is 24.4 Å². The highest BCUT2D eigenvalue weighted by atomic mass is 32.1. The number of thiazole rings is 1. The number of methoxy groups -OCH3 is 2. The lowest BCUT2D eigenvalue weighted by Crippen LogP contribution is -2.37. The van der Waals surface area contributed by atoms with E-state index in [1.165, 1.54) is 16.3 Å². The normalized spacial score (nSPS) is 15.1. The van der Waals surface area contributed by atoms with Gasteiger partial charge in [-0.2, -0.15) is 5.10 Å². The van der Waals surface area contributed by atoms with Gasteiger partial charge >= 0.3 is 0 Å². The van der Waals surface area contributed by atoms with Gasteiger partial charge in [-0.05, 0) is 43.2 Å². The lowest BCUT2D eigenvalue weighted by Gasteiger charge is -2.27. The number of aryl methyl sites for hydroxylation is 1. The molecule has 3 aromatic rings. The van der Waals surface area contributed by atoms with E-state index in [2.05, 4.69) is 53.5 Å². The summed E-state index contributed by atoms with van der Waals surface area (Å²) in [6.45, 7) is 8.89. The fourth-order valence-corrected chi connectivity index (χ4v) is 4.80. The van der Waals surface area contributed by atoms with Crippen LogP contribution in [0.3, 0.4) is 0 Å². The van der Waals surface area contributed by atoms with Crippen molar-refractivity contribution < 1.29 is 9.47 Å². The van der Waals surface area contributed by atoms with E-state index in [1.807, 2.05) is 12.1 Å². The molecule has 4 rings (SSSR count). The van der Waals surface area contributed by atoms with Crippen LogP contribution in [0.1, 0.15) is 41.0 Å². The molecule has 0 saturated heterocycles. The Kier molecular flexibility index (Phi) is 5.72. The van der Waals surface area contributed by atoms with E-state index >= 15 is 0 Å². The average molecular weight is 413 g/mol. The Morgan fingerprint density at radius 3 is 2.52 bits per heavy atom. The molecule has 0 spiro atoms. The van der Waals surface area contributed by atoms with Gasteiger partial charge in [0.05, 0.1) is 30.1 Å². The molecule has 0 amide bonds. The molecule has 1 atom stereocenters. The van der Waals surface area contributed by atoms with Crippen molar-refractivity contribution in [2.24, 2.45) is 0 Å². The predicted molar refractivity (Wildman–Crippen MR) is 115 cm³/mol. The van der Waals surface area contributed by atoms with Crippen molar-refractivity contribution in [1.29, 1.82) is 0 Å². The molecule has 0 fully saturated rings. The summed E-state index contributed by atoms with van der Waals surface area (Å²) in [6.07, 6.45) is -0.0437. The van der Waals surface area contributed by atoms with Crippen LogP contribution in [0, 0.1) is 6.92 Å². The van der Waals surface area contributed by atoms with Crippen LogP contribution in [0.5, 0.6) is 5.75 Å². The molecule has 2 aromatic heterocycles. The molecule has 0 radical (unpaired) electrons. The van der Waals surface area contributed by atoms with E-state index in [1.54, 1.807) is 25.6 Å². The monoisotopic (exact) mass is 412 g/mol. The fourth-order valence-electron chi connectivity index (χ4n) is 3.83. The first-order valence-electron chi connectivity index (χ1n) is 9.92. The number of ether oxygens (including phenoxy) is 2. The van der Waals surface area contributed by atoms with Gasteiger partial charge < -0.3 is 9.47 Å². The SMILES string of the molecule is COc1ccc(-c2cc(C(C)C)n(CC(OC)N3Cc4nc(C)sc4C3)n2)cc1. The third-order valence-electron chi connectivity index (χ3n) is 5.38. The van der Waals surface area contributed by atoms with Crippen LogP contribution in [0.4, 0.5) is 0 Å². The van der Waals surface area contributed by atoms with E-state index in [0.717, 1.165) is 35.1 Å². The van der Waals surface area contributed by atoms with Gasteiger partial charge in [-0.1, -0.05) is 13.8 Å². The van der Waals surface area contributed by atoms with E-state index in [4.69, 9.17) is 14.6 Å². The van der Waals surface area contributed by atoms with Crippen molar-refractivity contribution >= 4 is 11.3 Å². The average Bonchev–Trinajstić information content (AvgIpc) is 3.38. The number of nitrogens with zero attached hydrogens (tertiary/aromatic N) is 4. The fraction of sp³-hybridized carbons (Fsp3) is 0.455. The Morgan fingerprint density at radius 2 is 1.90 bits per heavy atom. The van der Waals surface area contributed by atoms with Crippen molar-refractivity contribution in [3.8, 4) is 17.0 Å². The topological polar surface area (TPSA) is 52.4 Å². The number of hydrogen-bond acceptors (Lipinski definition) is 6. The summed E-state index contributed by atoms with van der Waals surface area (Å²) >= 11 is 1.79. The van der Waals surface area contributed by atoms with Crippen molar-refractivity contribution in [3.63, 3.8) is 0 Å². The highest BCUT2D eigenvalue weighted by Gasteiger charge is 2.29. The molecular weight excluding hydrogens is 384 g/mol. The first-order chi connectivity index (χ1) is 14.0. The third kappa shape index (κ3) is 4.08. The Morgan fingerprint density at radius 1 is 1.14 bits per heavy atom. The molecule has 3 heterocycles. The summed E-state index contributed by atoms with van der Waals surface area (Å²) in [6, 6.07) is 10.2. The van der Waals surface area contributed by atoms with Crippen LogP contribution in [0.15, 0.2) is 30.3 Å². The van der Waals surface area contributed by atoms with Crippen LogP contribution >= 0.6 is 11.3 Å². The zero-order chi connectivity index (χ0) is 20.5. The van der Waals surface area contributed by atoms with E-state index < -0.39 is 0 Å². The summed E-state index contributed by atoms with van der Waals surface area (Å²) in [5.41, 5.74) is 4.46. The summed E-state index contributed by atoms with van der Waals surface area (Å²) in [7, 11) is 3.46. The summed E-state index contributed by atoms with van der Waals surface area (Å²) in [5, 5.41) is 6.06. The van der Waals surface area contributed by atoms with Gasteiger partial charge in [-0.25, -0.2) is 4.98 Å². The van der Waals surface area contributed by atoms with Gasteiger partial charge in [0.2, 0.25) is 0 Å². The maximum Gasteiger partial charge on any atom is 0.130 e. The Balaban J connectivity index is 1.56. The van der Waals surface area contributed by atoms with Gasteiger partial charge in [0.25, 0.3) is 0 Å². The van der Waals surface area contributed by atoms with Gasteiger partial charge in [0.1, 0.15) is 12.0 Å². The summed E-state index contributed by atoms with van der Waals surface area (Å²) < 4.78 is 13.2. The van der Waals surface area contributed by atoms with Crippen molar-refractivity contribution in [3.05, 3.63) is 51.6 Å². The van der Waals surface area contributed by atoms with Crippen LogP contribution in [-0.4, -0.2) is 40.1 Å². The first-order valence-corrected chi connectivity index (χ1v) is 10.7. The minimum Gasteiger partial charge on any atom is -0.497 e. The summed E-state index contributed by atoms with van der Waals surface area (Å²) in [4.78, 5) is 8.35. The second-order valence-electron chi connectivity index (χ2n) is 7.72. The van der Waals surface area contributed by atoms with Crippen molar-refractivity contribution in [2.75, 3.05) is 14.2 Å². The lowest BCUT2D eigenvalue weighted by atomic mass is 10.1. The van der Waals surface area contributed by atoms with E-state index in [9.17, 15) is 0 Å². The second-order valence-corrected chi connectivity index (χ2v) is 9.01. The van der Waals surface area contributed by atoms with Gasteiger partial charge in [-0.3, -0.25) is 9.58 Å². The molecular formula is C22H28N4O2S. The van der Waals surface area contributed by atoms with E-state index in [0.29, 0.717) is 12.5 Å². The van der Waals surface area contributed by atoms with Crippen molar-refractivity contribution in [2.45, 2.75) is 52.6 Å². The molecule has 0 N–H and O–H groups in total. The largest absolute Gasteiger partial charge is 0.497 e. The molecule has 1 unspecified atom stereocenters. The maximum absolute atomic E-state index is 5.87. The van der Waals surface area contributed by atoms with Crippen LogP contribution in [0.25, 0.3) is 11.3 Å². The Labute approximate surface area is 176 Å². The maximum atomic E-state index is 5.87. The minimum absolute atomic E-state index is 0.0437. The zero-order valence-electron chi connectivity index (χ0n) is 17.7. The number of benzene rings is 1. The molecule has 29 heavy (non-hydrogen) atoms. The molecule has 154 valence electrons.